The predicted octanol–water partition coefficient (Wildman–Crippen LogP) is 3.13. The van der Waals surface area contributed by atoms with Crippen molar-refractivity contribution in [3.63, 3.8) is 0 Å². The zero-order valence-corrected chi connectivity index (χ0v) is 23.3. The maximum atomic E-state index is 13.2. The summed E-state index contributed by atoms with van der Waals surface area (Å²) in [6, 6.07) is 0. The number of aliphatic imine (C=N–C) groups is 1. The Morgan fingerprint density at radius 2 is 1.81 bits per heavy atom. The molecule has 0 fully saturated rings. The van der Waals surface area contributed by atoms with Gasteiger partial charge in [-0.05, 0) is 84.9 Å². The second-order valence-electron chi connectivity index (χ2n) is 10.9. The lowest BCUT2D eigenvalue weighted by Crippen LogP contribution is -2.37. The quantitative estimate of drug-likeness (QED) is 0.192. The van der Waals surface area contributed by atoms with Crippen LogP contribution in [0.1, 0.15) is 76.1 Å². The van der Waals surface area contributed by atoms with E-state index in [4.69, 9.17) is 15.2 Å². The molecule has 0 spiro atoms. The van der Waals surface area contributed by atoms with Crippen LogP contribution < -0.4 is 15.2 Å². The highest BCUT2D eigenvalue weighted by atomic mass is 32.2. The van der Waals surface area contributed by atoms with Gasteiger partial charge in [-0.25, -0.2) is 13.1 Å². The molecule has 2 rings (SSSR count). The first-order valence-corrected chi connectivity index (χ1v) is 13.4. The first-order chi connectivity index (χ1) is 16.3. The minimum absolute atomic E-state index is 0.0929. The summed E-state index contributed by atoms with van der Waals surface area (Å²) in [5, 5.41) is 9.41. The van der Waals surface area contributed by atoms with Gasteiger partial charge in [0.1, 0.15) is 17.0 Å². The molecule has 202 valence electrons. The molecule has 0 bridgehead atoms. The van der Waals surface area contributed by atoms with Crippen LogP contribution in [0.25, 0.3) is 0 Å². The van der Waals surface area contributed by atoms with Crippen molar-refractivity contribution in [1.29, 1.82) is 0 Å². The summed E-state index contributed by atoms with van der Waals surface area (Å²) < 4.78 is 40.0. The van der Waals surface area contributed by atoms with Gasteiger partial charge < -0.3 is 20.3 Å². The van der Waals surface area contributed by atoms with Crippen molar-refractivity contribution in [2.24, 2.45) is 16.6 Å². The molecule has 1 aliphatic heterocycles. The predicted molar refractivity (Wildman–Crippen MR) is 137 cm³/mol. The van der Waals surface area contributed by atoms with Crippen LogP contribution >= 0.6 is 0 Å². The molecule has 36 heavy (non-hydrogen) atoms. The summed E-state index contributed by atoms with van der Waals surface area (Å²) in [5.74, 6) is -2.19. The number of hydrogen-bond donors (Lipinski definition) is 3. The number of carboxylic acids is 1. The number of guanidine groups is 1. The van der Waals surface area contributed by atoms with Crippen molar-refractivity contribution >= 4 is 27.9 Å². The molecule has 1 aliphatic rings. The Labute approximate surface area is 213 Å². The highest BCUT2D eigenvalue weighted by molar-refractivity contribution is 7.90. The Bertz CT molecular complexity index is 1170. The fourth-order valence-corrected chi connectivity index (χ4v) is 5.83. The first-order valence-electron chi connectivity index (χ1n) is 11.9. The van der Waals surface area contributed by atoms with E-state index >= 15 is 0 Å². The summed E-state index contributed by atoms with van der Waals surface area (Å²) in [6.45, 7) is 14.5. The zero-order chi connectivity index (χ0) is 27.6. The number of benzene rings is 1. The Hall–Kier alpha value is -2.82. The largest absolute Gasteiger partial charge is 0.487 e. The van der Waals surface area contributed by atoms with E-state index < -0.39 is 39.1 Å². The van der Waals surface area contributed by atoms with Gasteiger partial charge in [0, 0.05) is 18.5 Å². The van der Waals surface area contributed by atoms with Crippen LogP contribution in [0.5, 0.6) is 5.75 Å². The fraction of sp³-hybridized carbons (Fsp3) is 0.640. The van der Waals surface area contributed by atoms with Crippen LogP contribution in [0.3, 0.4) is 0 Å². The Morgan fingerprint density at radius 3 is 2.36 bits per heavy atom. The number of fused-ring (bicyclic) bond motifs is 1. The van der Waals surface area contributed by atoms with Crippen molar-refractivity contribution < 1.29 is 32.6 Å². The lowest BCUT2D eigenvalue weighted by atomic mass is 9.94. The third-order valence-electron chi connectivity index (χ3n) is 5.97. The average molecular weight is 526 g/mol. The molecule has 4 N–H and O–H groups in total. The van der Waals surface area contributed by atoms with E-state index in [1.165, 1.54) is 0 Å². The van der Waals surface area contributed by atoms with Crippen LogP contribution in [-0.2, 0) is 30.8 Å². The molecule has 0 radical (unpaired) electrons. The number of aliphatic carboxylic acids is 1. The standard InChI is InChI=1S/C25H39N3O7S/c1-14-15(2)21(16(3)18-13-25(7,8)35-20(14)18)36(32,33)28-23(26)27-11-9-10-17(22(30)31)12-19(29)34-24(4,5)6/h17H,9-13H2,1-8H3,(H,30,31)(H3,26,27,28)/t17-/m1/s1. The number of hydrogen-bond acceptors (Lipinski definition) is 7. The van der Waals surface area contributed by atoms with Crippen LogP contribution in [0, 0.1) is 26.7 Å². The Kier molecular flexibility index (Phi) is 8.71. The van der Waals surface area contributed by atoms with E-state index in [9.17, 15) is 23.1 Å². The molecule has 0 aliphatic carbocycles. The molecule has 0 unspecified atom stereocenters. The van der Waals surface area contributed by atoms with Gasteiger partial charge in [0.05, 0.1) is 17.2 Å². The second kappa shape index (κ2) is 10.7. The van der Waals surface area contributed by atoms with Crippen molar-refractivity contribution in [3.8, 4) is 5.75 Å². The van der Waals surface area contributed by atoms with Gasteiger partial charge in [0.25, 0.3) is 10.0 Å². The third-order valence-corrected chi connectivity index (χ3v) is 7.60. The molecule has 0 amide bonds. The number of sulfonamides is 1. The second-order valence-corrected chi connectivity index (χ2v) is 12.5. The number of nitrogens with two attached hydrogens (primary N) is 1. The molecule has 1 aromatic rings. The number of carbonyl (C=O) groups excluding carboxylic acids is 1. The lowest BCUT2D eigenvalue weighted by Gasteiger charge is -2.21. The van der Waals surface area contributed by atoms with Crippen molar-refractivity contribution in [3.05, 3.63) is 22.3 Å². The minimum Gasteiger partial charge on any atom is -0.487 e. The first kappa shape index (κ1) is 29.4. The fourth-order valence-electron chi connectivity index (χ4n) is 4.30. The van der Waals surface area contributed by atoms with Gasteiger partial charge in [0.15, 0.2) is 0 Å². The van der Waals surface area contributed by atoms with E-state index in [1.54, 1.807) is 34.6 Å². The number of esters is 1. The number of carbonyl (C=O) groups is 2. The van der Waals surface area contributed by atoms with Crippen LogP contribution in [0.2, 0.25) is 0 Å². The maximum Gasteiger partial charge on any atom is 0.307 e. The van der Waals surface area contributed by atoms with E-state index in [-0.39, 0.29) is 30.2 Å². The molecule has 11 heteroatoms. The maximum absolute atomic E-state index is 13.2. The molecule has 1 aromatic carbocycles. The van der Waals surface area contributed by atoms with E-state index in [1.807, 2.05) is 20.8 Å². The molecular weight excluding hydrogens is 486 g/mol. The molecule has 1 heterocycles. The highest BCUT2D eigenvalue weighted by Gasteiger charge is 2.36. The summed E-state index contributed by atoms with van der Waals surface area (Å²) in [7, 11) is -4.02. The summed E-state index contributed by atoms with van der Waals surface area (Å²) >= 11 is 0. The number of nitrogens with one attached hydrogen (secondary N) is 1. The number of nitrogens with zero attached hydrogens (tertiary/aromatic N) is 1. The Balaban J connectivity index is 2.08. The number of ether oxygens (including phenoxy) is 2. The van der Waals surface area contributed by atoms with Gasteiger partial charge in [-0.1, -0.05) is 0 Å². The van der Waals surface area contributed by atoms with Gasteiger partial charge in [0.2, 0.25) is 5.96 Å². The average Bonchev–Trinajstić information content (AvgIpc) is 3.02. The van der Waals surface area contributed by atoms with Crippen molar-refractivity contribution in [2.75, 3.05) is 6.54 Å². The zero-order valence-electron chi connectivity index (χ0n) is 22.4. The topological polar surface area (TPSA) is 157 Å². The molecule has 0 saturated heterocycles. The smallest absolute Gasteiger partial charge is 0.307 e. The lowest BCUT2D eigenvalue weighted by molar-refractivity contribution is -0.160. The van der Waals surface area contributed by atoms with Crippen LogP contribution in [0.15, 0.2) is 9.89 Å². The number of carboxylic acid groups (broad SMARTS) is 1. The molecule has 0 saturated carbocycles. The summed E-state index contributed by atoms with van der Waals surface area (Å²) in [4.78, 5) is 27.7. The molecule has 0 aromatic heterocycles. The van der Waals surface area contributed by atoms with Crippen LogP contribution in [-0.4, -0.2) is 49.2 Å². The monoisotopic (exact) mass is 525 g/mol. The van der Waals surface area contributed by atoms with Crippen LogP contribution in [0.4, 0.5) is 0 Å². The van der Waals surface area contributed by atoms with Crippen molar-refractivity contribution in [2.45, 2.75) is 97.2 Å². The van der Waals surface area contributed by atoms with Gasteiger partial charge in [-0.3, -0.25) is 14.6 Å². The van der Waals surface area contributed by atoms with Gasteiger partial charge in [-0.2, -0.15) is 0 Å². The Morgan fingerprint density at radius 1 is 1.19 bits per heavy atom. The highest BCUT2D eigenvalue weighted by Crippen LogP contribution is 2.43. The van der Waals surface area contributed by atoms with Crippen molar-refractivity contribution in [1.82, 2.24) is 4.72 Å². The van der Waals surface area contributed by atoms with E-state index in [0.29, 0.717) is 24.0 Å². The number of rotatable bonds is 9. The van der Waals surface area contributed by atoms with Gasteiger partial charge in [-0.15, -0.1) is 0 Å². The van der Waals surface area contributed by atoms with Gasteiger partial charge >= 0.3 is 11.9 Å². The minimum atomic E-state index is -4.02. The normalized spacial score (nSPS) is 16.2. The molecule has 1 atom stereocenters. The SMILES string of the molecule is Cc1c(C)c(S(=O)(=O)NC(N)=NCCC[C@H](CC(=O)OC(C)(C)C)C(=O)O)c(C)c2c1OC(C)(C)C2. The van der Waals surface area contributed by atoms with E-state index in [0.717, 1.165) is 16.9 Å². The summed E-state index contributed by atoms with van der Waals surface area (Å²) in [5.41, 5.74) is 7.57. The molecular formula is C25H39N3O7S. The molecule has 10 nitrogen and oxygen atoms in total. The third kappa shape index (κ3) is 7.35. The van der Waals surface area contributed by atoms with E-state index in [2.05, 4.69) is 9.71 Å². The summed E-state index contributed by atoms with van der Waals surface area (Å²) in [6.07, 6.45) is 0.797.